The maximum Gasteiger partial charge on any atom is 0.266 e. The lowest BCUT2D eigenvalue weighted by Crippen LogP contribution is -2.28. The summed E-state index contributed by atoms with van der Waals surface area (Å²) in [7, 11) is 0. The van der Waals surface area contributed by atoms with Crippen molar-refractivity contribution in [1.82, 2.24) is 10.9 Å². The van der Waals surface area contributed by atoms with Gasteiger partial charge in [-0.2, -0.15) is 10.2 Å². The number of carbonyl (C=O) groups excluding carboxylic acids is 2. The first-order chi connectivity index (χ1) is 13.0. The molecule has 0 bridgehead atoms. The van der Waals surface area contributed by atoms with Crippen LogP contribution >= 0.6 is 23.2 Å². The van der Waals surface area contributed by atoms with Gasteiger partial charge in [0.15, 0.2) is 0 Å². The first-order valence-corrected chi connectivity index (χ1v) is 8.51. The summed E-state index contributed by atoms with van der Waals surface area (Å²) in [4.78, 5) is 23.1. The van der Waals surface area contributed by atoms with E-state index in [2.05, 4.69) is 21.1 Å². The van der Waals surface area contributed by atoms with E-state index in [1.165, 1.54) is 12.4 Å². The summed E-state index contributed by atoms with van der Waals surface area (Å²) < 4.78 is 4.99. The largest absolute Gasteiger partial charge is 0.362 e. The number of nitrogens with zero attached hydrogens (tertiary/aromatic N) is 2. The fourth-order valence-electron chi connectivity index (χ4n) is 1.76. The second kappa shape index (κ2) is 11.1. The van der Waals surface area contributed by atoms with Crippen molar-refractivity contribution in [3.8, 4) is 0 Å². The Kier molecular flexibility index (Phi) is 8.44. The quantitative estimate of drug-likeness (QED) is 0.521. The van der Waals surface area contributed by atoms with E-state index >= 15 is 0 Å². The van der Waals surface area contributed by atoms with E-state index in [1.54, 1.807) is 48.5 Å². The highest BCUT2D eigenvalue weighted by atomic mass is 35.5. The minimum atomic E-state index is -0.488. The van der Waals surface area contributed by atoms with Gasteiger partial charge in [-0.1, -0.05) is 47.5 Å². The maximum absolute atomic E-state index is 11.6. The molecular formula is C18H16Cl2N4O3. The molecule has 0 heterocycles. The Balaban J connectivity index is 1.61. The molecule has 2 aromatic rings. The molecule has 0 radical (unpaired) electrons. The van der Waals surface area contributed by atoms with Gasteiger partial charge in [-0.25, -0.2) is 10.9 Å². The second-order valence-corrected chi connectivity index (χ2v) is 6.06. The van der Waals surface area contributed by atoms with Gasteiger partial charge in [0.25, 0.3) is 11.8 Å². The Morgan fingerprint density at radius 2 is 1.15 bits per heavy atom. The number of ether oxygens (including phenoxy) is 1. The van der Waals surface area contributed by atoms with Crippen LogP contribution in [0, 0.1) is 0 Å². The van der Waals surface area contributed by atoms with Crippen LogP contribution in [-0.2, 0) is 14.3 Å². The van der Waals surface area contributed by atoms with Crippen molar-refractivity contribution in [3.63, 3.8) is 0 Å². The second-order valence-electron chi connectivity index (χ2n) is 5.18. The Morgan fingerprint density at radius 3 is 1.52 bits per heavy atom. The summed E-state index contributed by atoms with van der Waals surface area (Å²) in [5.74, 6) is -0.977. The third-order valence-electron chi connectivity index (χ3n) is 3.01. The molecule has 2 amide bonds. The predicted octanol–water partition coefficient (Wildman–Crippen LogP) is 2.61. The fraction of sp³-hybridized carbons (Fsp3) is 0.111. The number of halogens is 2. The molecule has 0 unspecified atom stereocenters. The van der Waals surface area contributed by atoms with Gasteiger partial charge in [0.05, 0.1) is 12.4 Å². The Bertz CT molecular complexity index is 752. The van der Waals surface area contributed by atoms with Crippen molar-refractivity contribution in [3.05, 3.63) is 69.7 Å². The SMILES string of the molecule is O=C(COCC(=O)N/N=C\c1ccc(Cl)cc1)N/N=C\c1ccc(Cl)cc1. The lowest BCUT2D eigenvalue weighted by molar-refractivity contribution is -0.130. The molecule has 7 nitrogen and oxygen atoms in total. The van der Waals surface area contributed by atoms with Crippen molar-refractivity contribution in [2.75, 3.05) is 13.2 Å². The number of benzene rings is 2. The van der Waals surface area contributed by atoms with Crippen LogP contribution in [0.2, 0.25) is 10.0 Å². The lowest BCUT2D eigenvalue weighted by atomic mass is 10.2. The molecule has 27 heavy (non-hydrogen) atoms. The van der Waals surface area contributed by atoms with Crippen LogP contribution in [-0.4, -0.2) is 37.5 Å². The molecule has 2 N–H and O–H groups in total. The number of hydrazone groups is 2. The van der Waals surface area contributed by atoms with Gasteiger partial charge in [-0.3, -0.25) is 9.59 Å². The van der Waals surface area contributed by atoms with Crippen molar-refractivity contribution in [1.29, 1.82) is 0 Å². The number of nitrogens with one attached hydrogen (secondary N) is 2. The van der Waals surface area contributed by atoms with Gasteiger partial charge in [-0.15, -0.1) is 0 Å². The highest BCUT2D eigenvalue weighted by Crippen LogP contribution is 2.08. The Hall–Kier alpha value is -2.74. The number of rotatable bonds is 8. The van der Waals surface area contributed by atoms with Gasteiger partial charge < -0.3 is 4.74 Å². The van der Waals surface area contributed by atoms with E-state index in [0.717, 1.165) is 11.1 Å². The van der Waals surface area contributed by atoms with E-state index in [1.807, 2.05) is 0 Å². The first kappa shape index (κ1) is 20.6. The summed E-state index contributed by atoms with van der Waals surface area (Å²) in [5.41, 5.74) is 6.13. The molecule has 140 valence electrons. The van der Waals surface area contributed by atoms with Crippen molar-refractivity contribution in [2.45, 2.75) is 0 Å². The monoisotopic (exact) mass is 406 g/mol. The minimum Gasteiger partial charge on any atom is -0.362 e. The van der Waals surface area contributed by atoms with Gasteiger partial charge >= 0.3 is 0 Å². The van der Waals surface area contributed by atoms with Crippen molar-refractivity contribution >= 4 is 47.4 Å². The number of hydrogen-bond acceptors (Lipinski definition) is 5. The molecule has 0 aliphatic rings. The molecular weight excluding hydrogens is 391 g/mol. The van der Waals surface area contributed by atoms with Gasteiger partial charge in [0.2, 0.25) is 0 Å². The predicted molar refractivity (Wildman–Crippen MR) is 105 cm³/mol. The standard InChI is InChI=1S/C18H16Cl2N4O3/c19-15-5-1-13(2-6-15)9-21-23-17(25)11-27-12-18(26)24-22-10-14-3-7-16(20)8-4-14/h1-10H,11-12H2,(H,23,25)(H,24,26)/b21-9-,22-10-. The Labute approximate surface area is 166 Å². The topological polar surface area (TPSA) is 92.2 Å². The van der Waals surface area contributed by atoms with Crippen LogP contribution in [0.4, 0.5) is 0 Å². The van der Waals surface area contributed by atoms with Crippen LogP contribution < -0.4 is 10.9 Å². The average molecular weight is 407 g/mol. The van der Waals surface area contributed by atoms with Crippen LogP contribution in [0.15, 0.2) is 58.7 Å². The van der Waals surface area contributed by atoms with E-state index in [4.69, 9.17) is 27.9 Å². The number of hydrogen-bond donors (Lipinski definition) is 2. The van der Waals surface area contributed by atoms with Gasteiger partial charge in [-0.05, 0) is 35.4 Å². The molecule has 0 spiro atoms. The zero-order chi connectivity index (χ0) is 19.5. The average Bonchev–Trinajstić information content (AvgIpc) is 2.65. The summed E-state index contributed by atoms with van der Waals surface area (Å²) in [6.07, 6.45) is 2.93. The van der Waals surface area contributed by atoms with Crippen LogP contribution in [0.3, 0.4) is 0 Å². The number of amides is 2. The highest BCUT2D eigenvalue weighted by molar-refractivity contribution is 6.30. The van der Waals surface area contributed by atoms with Gasteiger partial charge in [0, 0.05) is 10.0 Å². The Morgan fingerprint density at radius 1 is 0.778 bits per heavy atom. The minimum absolute atomic E-state index is 0.313. The number of carbonyl (C=O) groups is 2. The van der Waals surface area contributed by atoms with E-state index in [0.29, 0.717) is 10.0 Å². The summed E-state index contributed by atoms with van der Waals surface area (Å²) in [6, 6.07) is 13.9. The molecule has 2 aromatic carbocycles. The molecule has 0 saturated heterocycles. The van der Waals surface area contributed by atoms with Gasteiger partial charge in [0.1, 0.15) is 13.2 Å². The molecule has 0 aliphatic carbocycles. The van der Waals surface area contributed by atoms with E-state index < -0.39 is 11.8 Å². The summed E-state index contributed by atoms with van der Waals surface area (Å²) in [6.45, 7) is -0.626. The maximum atomic E-state index is 11.6. The van der Waals surface area contributed by atoms with Crippen LogP contribution in [0.1, 0.15) is 11.1 Å². The first-order valence-electron chi connectivity index (χ1n) is 7.75. The van der Waals surface area contributed by atoms with Crippen molar-refractivity contribution < 1.29 is 14.3 Å². The van der Waals surface area contributed by atoms with E-state index in [9.17, 15) is 9.59 Å². The third-order valence-corrected chi connectivity index (χ3v) is 3.52. The zero-order valence-corrected chi connectivity index (χ0v) is 15.6. The lowest BCUT2D eigenvalue weighted by Gasteiger charge is -2.02. The normalized spacial score (nSPS) is 11.0. The molecule has 2 rings (SSSR count). The fourth-order valence-corrected chi connectivity index (χ4v) is 2.01. The molecule has 0 fully saturated rings. The van der Waals surface area contributed by atoms with Crippen LogP contribution in [0.5, 0.6) is 0 Å². The summed E-state index contributed by atoms with van der Waals surface area (Å²) in [5, 5.41) is 8.78. The molecule has 0 aromatic heterocycles. The van der Waals surface area contributed by atoms with Crippen molar-refractivity contribution in [2.24, 2.45) is 10.2 Å². The third kappa shape index (κ3) is 8.46. The zero-order valence-electron chi connectivity index (χ0n) is 14.1. The summed E-state index contributed by atoms with van der Waals surface area (Å²) >= 11 is 11.5. The van der Waals surface area contributed by atoms with Crippen LogP contribution in [0.25, 0.3) is 0 Å². The molecule has 0 atom stereocenters. The molecule has 0 aliphatic heterocycles. The smallest absolute Gasteiger partial charge is 0.266 e. The van der Waals surface area contributed by atoms with E-state index in [-0.39, 0.29) is 13.2 Å². The highest BCUT2D eigenvalue weighted by Gasteiger charge is 2.03. The molecule has 0 saturated carbocycles. The molecule has 9 heteroatoms.